The van der Waals surface area contributed by atoms with Gasteiger partial charge in [0.25, 0.3) is 5.69 Å². The Balaban J connectivity index is 2.03. The van der Waals surface area contributed by atoms with Crippen molar-refractivity contribution >= 4 is 26.6 Å². The van der Waals surface area contributed by atoms with Crippen LogP contribution in [0.1, 0.15) is 21.9 Å². The molecule has 0 bridgehead atoms. The van der Waals surface area contributed by atoms with Gasteiger partial charge in [-0.2, -0.15) is 0 Å². The molecule has 146 valence electrons. The van der Waals surface area contributed by atoms with Gasteiger partial charge in [0.2, 0.25) is 0 Å². The van der Waals surface area contributed by atoms with Crippen molar-refractivity contribution in [1.82, 2.24) is 9.97 Å². The first-order valence-corrected chi connectivity index (χ1v) is 10.4. The van der Waals surface area contributed by atoms with E-state index in [9.17, 15) is 18.5 Å². The fourth-order valence-electron chi connectivity index (χ4n) is 3.44. The fraction of sp³-hybridized carbons (Fsp3) is 0.0952. The number of benzene rings is 2. The Bertz CT molecular complexity index is 1310. The average molecular weight is 407 g/mol. The number of fused-ring (bicyclic) bond motifs is 1. The van der Waals surface area contributed by atoms with Crippen LogP contribution in [-0.2, 0) is 9.84 Å². The zero-order valence-corrected chi connectivity index (χ0v) is 16.3. The molecular formula is C21H17N3O4S. The van der Waals surface area contributed by atoms with E-state index in [0.717, 1.165) is 5.56 Å². The molecule has 4 rings (SSSR count). The number of nitrogens with one attached hydrogen (secondary N) is 1. The van der Waals surface area contributed by atoms with Crippen molar-refractivity contribution in [2.24, 2.45) is 0 Å². The number of aromatic amines is 1. The number of hydrogen-bond acceptors (Lipinski definition) is 5. The number of pyridine rings is 1. The van der Waals surface area contributed by atoms with Gasteiger partial charge >= 0.3 is 0 Å². The molecule has 0 spiro atoms. The van der Waals surface area contributed by atoms with Crippen LogP contribution in [0.15, 0.2) is 78.0 Å². The average Bonchev–Trinajstić information content (AvgIpc) is 3.12. The predicted molar refractivity (Wildman–Crippen MR) is 109 cm³/mol. The summed E-state index contributed by atoms with van der Waals surface area (Å²) in [7, 11) is -3.99. The second-order valence-corrected chi connectivity index (χ2v) is 8.73. The number of H-pyrrole nitrogens is 1. The van der Waals surface area contributed by atoms with Crippen LogP contribution in [0.3, 0.4) is 0 Å². The maximum absolute atomic E-state index is 13.7. The third-order valence-electron chi connectivity index (χ3n) is 4.84. The first-order valence-electron chi connectivity index (χ1n) is 8.85. The van der Waals surface area contributed by atoms with Crippen LogP contribution in [0, 0.1) is 17.0 Å². The lowest BCUT2D eigenvalue weighted by molar-refractivity contribution is -0.385. The molecule has 0 amide bonds. The Kier molecular flexibility index (Phi) is 4.63. The van der Waals surface area contributed by atoms with Crippen molar-refractivity contribution in [2.45, 2.75) is 17.1 Å². The molecule has 4 aromatic rings. The third kappa shape index (κ3) is 3.27. The molecule has 2 aromatic heterocycles. The zero-order valence-electron chi connectivity index (χ0n) is 15.4. The summed E-state index contributed by atoms with van der Waals surface area (Å²) in [5.74, 6) is 0. The summed E-state index contributed by atoms with van der Waals surface area (Å²) in [4.78, 5) is 18.4. The molecule has 0 radical (unpaired) electrons. The predicted octanol–water partition coefficient (Wildman–Crippen LogP) is 4.34. The van der Waals surface area contributed by atoms with Crippen molar-refractivity contribution in [1.29, 1.82) is 0 Å². The second-order valence-electron chi connectivity index (χ2n) is 6.70. The lowest BCUT2D eigenvalue weighted by Gasteiger charge is -2.18. The number of nitro groups is 1. The van der Waals surface area contributed by atoms with Crippen LogP contribution < -0.4 is 0 Å². The van der Waals surface area contributed by atoms with Crippen molar-refractivity contribution in [3.63, 3.8) is 0 Å². The van der Waals surface area contributed by atoms with E-state index < -0.39 is 20.0 Å². The topological polar surface area (TPSA) is 106 Å². The summed E-state index contributed by atoms with van der Waals surface area (Å²) in [6.07, 6.45) is 3.15. The highest BCUT2D eigenvalue weighted by Crippen LogP contribution is 2.41. The first-order chi connectivity index (χ1) is 13.9. The molecule has 0 aliphatic carbocycles. The molecular weight excluding hydrogens is 390 g/mol. The molecule has 29 heavy (non-hydrogen) atoms. The van der Waals surface area contributed by atoms with E-state index in [-0.39, 0.29) is 16.1 Å². The number of aromatic nitrogens is 2. The number of hydrogen-bond donors (Lipinski definition) is 1. The number of nitro benzene ring substituents is 1. The highest BCUT2D eigenvalue weighted by molar-refractivity contribution is 7.92. The molecule has 7 nitrogen and oxygen atoms in total. The lowest BCUT2D eigenvalue weighted by Crippen LogP contribution is -2.16. The van der Waals surface area contributed by atoms with E-state index in [2.05, 4.69) is 9.97 Å². The Hall–Kier alpha value is -3.52. The Morgan fingerprint density at radius 3 is 2.45 bits per heavy atom. The molecule has 0 saturated heterocycles. The van der Waals surface area contributed by atoms with Gasteiger partial charge < -0.3 is 4.98 Å². The van der Waals surface area contributed by atoms with Gasteiger partial charge in [0.15, 0.2) is 9.84 Å². The van der Waals surface area contributed by atoms with Gasteiger partial charge in [-0.3, -0.25) is 10.1 Å². The highest BCUT2D eigenvalue weighted by Gasteiger charge is 2.37. The van der Waals surface area contributed by atoms with E-state index >= 15 is 0 Å². The summed E-state index contributed by atoms with van der Waals surface area (Å²) in [6, 6.07) is 15.9. The summed E-state index contributed by atoms with van der Waals surface area (Å²) in [5.41, 5.74) is 1.73. The minimum Gasteiger partial charge on any atom is -0.346 e. The van der Waals surface area contributed by atoms with E-state index in [1.54, 1.807) is 42.7 Å². The number of sulfone groups is 1. The number of para-hydroxylation sites is 1. The van der Waals surface area contributed by atoms with Gasteiger partial charge in [-0.25, -0.2) is 13.4 Å². The minimum absolute atomic E-state index is 0.101. The van der Waals surface area contributed by atoms with Crippen LogP contribution in [-0.4, -0.2) is 23.3 Å². The fourth-order valence-corrected chi connectivity index (χ4v) is 5.29. The quantitative estimate of drug-likeness (QED) is 0.391. The summed E-state index contributed by atoms with van der Waals surface area (Å²) in [5, 5.41) is 11.0. The van der Waals surface area contributed by atoms with Gasteiger partial charge in [0, 0.05) is 29.4 Å². The molecule has 0 saturated carbocycles. The van der Waals surface area contributed by atoms with Crippen LogP contribution in [0.25, 0.3) is 11.0 Å². The number of aryl methyl sites for hydroxylation is 1. The third-order valence-corrected chi connectivity index (χ3v) is 6.90. The Labute approximate surface area is 167 Å². The summed E-state index contributed by atoms with van der Waals surface area (Å²) < 4.78 is 27.4. The minimum atomic E-state index is -3.99. The smallest absolute Gasteiger partial charge is 0.274 e. The summed E-state index contributed by atoms with van der Waals surface area (Å²) in [6.45, 7) is 1.86. The lowest BCUT2D eigenvalue weighted by atomic mass is 10.0. The molecule has 2 aromatic carbocycles. The largest absolute Gasteiger partial charge is 0.346 e. The van der Waals surface area contributed by atoms with Gasteiger partial charge in [-0.15, -0.1) is 0 Å². The van der Waals surface area contributed by atoms with Crippen molar-refractivity contribution in [3.05, 3.63) is 99.9 Å². The zero-order chi connectivity index (χ0) is 20.6. The maximum Gasteiger partial charge on any atom is 0.274 e. The molecule has 1 unspecified atom stereocenters. The maximum atomic E-state index is 13.7. The SMILES string of the molecule is Cc1ccc(S(=O)(=O)C(c2ccccc2[N+](=O)[O-])c2c[nH]c3ncccc23)cc1. The van der Waals surface area contributed by atoms with E-state index in [4.69, 9.17) is 0 Å². The van der Waals surface area contributed by atoms with Crippen LogP contribution in [0.5, 0.6) is 0 Å². The van der Waals surface area contributed by atoms with Crippen molar-refractivity contribution in [2.75, 3.05) is 0 Å². The van der Waals surface area contributed by atoms with Crippen molar-refractivity contribution < 1.29 is 13.3 Å². The monoisotopic (exact) mass is 407 g/mol. The molecule has 8 heteroatoms. The molecule has 0 aliphatic rings. The molecule has 0 fully saturated rings. The first kappa shape index (κ1) is 18.8. The Morgan fingerprint density at radius 2 is 1.72 bits per heavy atom. The second kappa shape index (κ2) is 7.14. The van der Waals surface area contributed by atoms with E-state index in [0.29, 0.717) is 16.6 Å². The standard InChI is InChI=1S/C21H17N3O4S/c1-14-8-10-15(11-9-14)29(27,28)20(17-5-2-3-7-19(17)24(25)26)18-13-23-21-16(18)6-4-12-22-21/h2-13,20H,1H3,(H,22,23). The van der Waals surface area contributed by atoms with Crippen molar-refractivity contribution in [3.8, 4) is 0 Å². The summed E-state index contributed by atoms with van der Waals surface area (Å²) >= 11 is 0. The van der Waals surface area contributed by atoms with E-state index in [1.807, 2.05) is 6.92 Å². The molecule has 0 aliphatic heterocycles. The molecule has 1 N–H and O–H groups in total. The van der Waals surface area contributed by atoms with Gasteiger partial charge in [-0.1, -0.05) is 35.9 Å². The van der Waals surface area contributed by atoms with Gasteiger partial charge in [0.05, 0.1) is 15.4 Å². The normalized spacial score (nSPS) is 12.7. The molecule has 2 heterocycles. The highest BCUT2D eigenvalue weighted by atomic mass is 32.2. The van der Waals surface area contributed by atoms with Crippen LogP contribution in [0.4, 0.5) is 5.69 Å². The van der Waals surface area contributed by atoms with Gasteiger partial charge in [-0.05, 0) is 31.2 Å². The number of nitrogens with zero attached hydrogens (tertiary/aromatic N) is 2. The number of rotatable bonds is 5. The van der Waals surface area contributed by atoms with E-state index in [1.165, 1.54) is 30.3 Å². The van der Waals surface area contributed by atoms with Crippen LogP contribution in [0.2, 0.25) is 0 Å². The van der Waals surface area contributed by atoms with Crippen LogP contribution >= 0.6 is 0 Å². The molecule has 1 atom stereocenters. The Morgan fingerprint density at radius 1 is 1.00 bits per heavy atom. The van der Waals surface area contributed by atoms with Gasteiger partial charge in [0.1, 0.15) is 10.9 Å².